The number of furan rings is 1. The first-order chi connectivity index (χ1) is 21.6. The maximum atomic E-state index is 14.5. The van der Waals surface area contributed by atoms with Gasteiger partial charge >= 0.3 is 7.82 Å². The van der Waals surface area contributed by atoms with E-state index in [1.807, 2.05) is 60.7 Å². The third-order valence-corrected chi connectivity index (χ3v) is 7.87. The van der Waals surface area contributed by atoms with Crippen LogP contribution in [0.4, 0.5) is 0 Å². The standard InChI is InChI=1S/C34H33O10P/c1-20-28(30(35)23-18-26(39-2)32(42-5)27(19-23)40-3)29-24(16-21-12-8-6-9-13-21)25(17-22-14-10-7-11-15-22)31(41-4)34(33(29)43-20)44-45(36,37)38/h6-15,18-19H,16-17H2,1-5H3,(H2,36,37,38). The summed E-state index contributed by atoms with van der Waals surface area (Å²) in [5.41, 5.74) is 3.50. The first-order valence-corrected chi connectivity index (χ1v) is 15.5. The van der Waals surface area contributed by atoms with E-state index in [4.69, 9.17) is 27.9 Å². The summed E-state index contributed by atoms with van der Waals surface area (Å²) in [6.07, 6.45) is 0.655. The minimum absolute atomic E-state index is 0.0220. The van der Waals surface area contributed by atoms with Gasteiger partial charge in [-0.2, -0.15) is 0 Å². The SMILES string of the molecule is COc1cc(C(=O)c2c(C)oc3c(OP(=O)(O)O)c(OC)c(Cc4ccccc4)c(Cc4ccccc4)c23)cc(OC)c1OC. The van der Waals surface area contributed by atoms with Gasteiger partial charge in [-0.05, 0) is 42.2 Å². The van der Waals surface area contributed by atoms with Gasteiger partial charge in [0.1, 0.15) is 5.76 Å². The summed E-state index contributed by atoms with van der Waals surface area (Å²) in [6.45, 7) is 1.61. The smallest absolute Gasteiger partial charge is 0.493 e. The molecular formula is C34H33O10P. The topological polar surface area (TPSA) is 134 Å². The number of phosphoric ester groups is 1. The van der Waals surface area contributed by atoms with E-state index in [-0.39, 0.29) is 45.5 Å². The number of ether oxygens (including phenoxy) is 4. The van der Waals surface area contributed by atoms with Crippen LogP contribution in [0.5, 0.6) is 28.7 Å². The molecule has 5 aromatic rings. The van der Waals surface area contributed by atoms with Gasteiger partial charge in [-0.25, -0.2) is 4.57 Å². The molecule has 45 heavy (non-hydrogen) atoms. The molecule has 10 nitrogen and oxygen atoms in total. The minimum Gasteiger partial charge on any atom is -0.493 e. The lowest BCUT2D eigenvalue weighted by Crippen LogP contribution is -2.09. The quantitative estimate of drug-likeness (QED) is 0.114. The van der Waals surface area contributed by atoms with Crippen molar-refractivity contribution in [1.82, 2.24) is 0 Å². The van der Waals surface area contributed by atoms with Gasteiger partial charge in [-0.15, -0.1) is 0 Å². The second-order valence-corrected chi connectivity index (χ2v) is 11.4. The molecule has 0 aliphatic rings. The summed E-state index contributed by atoms with van der Waals surface area (Å²) in [6, 6.07) is 22.3. The molecule has 0 bridgehead atoms. The number of benzene rings is 4. The van der Waals surface area contributed by atoms with Crippen LogP contribution in [0.3, 0.4) is 0 Å². The highest BCUT2D eigenvalue weighted by molar-refractivity contribution is 7.46. The van der Waals surface area contributed by atoms with Crippen molar-refractivity contribution < 1.29 is 47.0 Å². The lowest BCUT2D eigenvalue weighted by Gasteiger charge is -2.20. The van der Waals surface area contributed by atoms with Crippen molar-refractivity contribution in [2.45, 2.75) is 19.8 Å². The Hall–Kier alpha value is -4.76. The lowest BCUT2D eigenvalue weighted by molar-refractivity contribution is 0.103. The van der Waals surface area contributed by atoms with Gasteiger partial charge in [0.25, 0.3) is 0 Å². The normalized spacial score (nSPS) is 11.4. The van der Waals surface area contributed by atoms with Crippen LogP contribution >= 0.6 is 7.82 Å². The summed E-state index contributed by atoms with van der Waals surface area (Å²) in [7, 11) is 0.665. The van der Waals surface area contributed by atoms with E-state index in [1.165, 1.54) is 28.4 Å². The molecule has 234 valence electrons. The number of hydrogen-bond acceptors (Lipinski definition) is 8. The van der Waals surface area contributed by atoms with Crippen LogP contribution in [0, 0.1) is 6.92 Å². The summed E-state index contributed by atoms with van der Waals surface area (Å²) < 4.78 is 45.9. The third-order valence-electron chi connectivity index (χ3n) is 7.45. The van der Waals surface area contributed by atoms with Crippen LogP contribution in [0.25, 0.3) is 11.0 Å². The fraction of sp³-hybridized carbons (Fsp3) is 0.206. The maximum Gasteiger partial charge on any atom is 0.525 e. The molecular weight excluding hydrogens is 599 g/mol. The Morgan fingerprint density at radius 1 is 0.733 bits per heavy atom. The van der Waals surface area contributed by atoms with Crippen molar-refractivity contribution in [3.8, 4) is 28.7 Å². The molecule has 1 heterocycles. The Morgan fingerprint density at radius 2 is 1.24 bits per heavy atom. The number of carbonyl (C=O) groups excluding carboxylic acids is 1. The van der Waals surface area contributed by atoms with Gasteiger partial charge in [0, 0.05) is 22.9 Å². The van der Waals surface area contributed by atoms with Gasteiger partial charge in [-0.1, -0.05) is 60.7 Å². The Morgan fingerprint density at radius 3 is 1.71 bits per heavy atom. The number of rotatable bonds is 12. The van der Waals surface area contributed by atoms with E-state index >= 15 is 0 Å². The van der Waals surface area contributed by atoms with Crippen LogP contribution in [0.15, 0.2) is 77.2 Å². The Bertz CT molecular complexity index is 1870. The predicted molar refractivity (Wildman–Crippen MR) is 168 cm³/mol. The fourth-order valence-electron chi connectivity index (χ4n) is 5.55. The van der Waals surface area contributed by atoms with Crippen molar-refractivity contribution in [2.75, 3.05) is 28.4 Å². The zero-order chi connectivity index (χ0) is 32.3. The van der Waals surface area contributed by atoms with Gasteiger partial charge in [-0.3, -0.25) is 14.6 Å². The minimum atomic E-state index is -5.11. The Kier molecular flexibility index (Phi) is 9.20. The second kappa shape index (κ2) is 13.1. The van der Waals surface area contributed by atoms with Crippen LogP contribution in [-0.2, 0) is 17.4 Å². The summed E-state index contributed by atoms with van der Waals surface area (Å²) in [5.74, 6) is 0.476. The molecule has 11 heteroatoms. The molecule has 0 aliphatic carbocycles. The average Bonchev–Trinajstić information content (AvgIpc) is 3.38. The van der Waals surface area contributed by atoms with E-state index in [9.17, 15) is 19.1 Å². The molecule has 0 radical (unpaired) electrons. The Balaban J connectivity index is 1.88. The number of fused-ring (bicyclic) bond motifs is 1. The molecule has 0 spiro atoms. The zero-order valence-corrected chi connectivity index (χ0v) is 26.3. The van der Waals surface area contributed by atoms with Crippen molar-refractivity contribution in [3.05, 3.63) is 112 Å². The van der Waals surface area contributed by atoms with Crippen molar-refractivity contribution >= 4 is 24.6 Å². The van der Waals surface area contributed by atoms with Crippen LogP contribution in [0.1, 0.15) is 43.9 Å². The van der Waals surface area contributed by atoms with Gasteiger partial charge in [0.15, 0.2) is 28.6 Å². The van der Waals surface area contributed by atoms with E-state index in [0.29, 0.717) is 35.1 Å². The first kappa shape index (κ1) is 31.7. The van der Waals surface area contributed by atoms with E-state index < -0.39 is 13.6 Å². The summed E-state index contributed by atoms with van der Waals surface area (Å²) >= 11 is 0. The monoisotopic (exact) mass is 632 g/mol. The van der Waals surface area contributed by atoms with E-state index in [2.05, 4.69) is 0 Å². The largest absolute Gasteiger partial charge is 0.525 e. The third kappa shape index (κ3) is 6.40. The summed E-state index contributed by atoms with van der Waals surface area (Å²) in [5, 5.41) is 0.352. The number of ketones is 1. The van der Waals surface area contributed by atoms with E-state index in [1.54, 1.807) is 19.1 Å². The molecule has 0 aliphatic heterocycles. The fourth-order valence-corrected chi connectivity index (χ4v) is 5.95. The van der Waals surface area contributed by atoms with Crippen molar-refractivity contribution in [3.63, 3.8) is 0 Å². The number of aryl methyl sites for hydroxylation is 1. The second-order valence-electron chi connectivity index (χ2n) is 10.2. The van der Waals surface area contributed by atoms with Crippen LogP contribution in [0.2, 0.25) is 0 Å². The predicted octanol–water partition coefficient (Wildman–Crippen LogP) is 6.66. The number of hydrogen-bond donors (Lipinski definition) is 2. The maximum absolute atomic E-state index is 14.5. The van der Waals surface area contributed by atoms with Crippen molar-refractivity contribution in [1.29, 1.82) is 0 Å². The van der Waals surface area contributed by atoms with Crippen LogP contribution < -0.4 is 23.5 Å². The van der Waals surface area contributed by atoms with Gasteiger partial charge in [0.2, 0.25) is 11.5 Å². The molecule has 0 amide bonds. The molecule has 4 aromatic carbocycles. The molecule has 0 unspecified atom stereocenters. The Labute approximate surface area is 260 Å². The van der Waals surface area contributed by atoms with Gasteiger partial charge in [0.05, 0.1) is 34.0 Å². The highest BCUT2D eigenvalue weighted by atomic mass is 31.2. The summed E-state index contributed by atoms with van der Waals surface area (Å²) in [4.78, 5) is 34.4. The highest BCUT2D eigenvalue weighted by Gasteiger charge is 2.34. The molecule has 0 fully saturated rings. The van der Waals surface area contributed by atoms with Crippen LogP contribution in [-0.4, -0.2) is 44.0 Å². The molecule has 0 atom stereocenters. The number of carbonyl (C=O) groups is 1. The van der Waals surface area contributed by atoms with Gasteiger partial charge < -0.3 is 27.9 Å². The first-order valence-electron chi connectivity index (χ1n) is 13.9. The molecule has 5 rings (SSSR count). The number of phosphoric acid groups is 1. The van der Waals surface area contributed by atoms with E-state index in [0.717, 1.165) is 11.1 Å². The molecule has 2 N–H and O–H groups in total. The average molecular weight is 633 g/mol. The molecule has 0 saturated carbocycles. The number of methoxy groups -OCH3 is 4. The zero-order valence-electron chi connectivity index (χ0n) is 25.5. The molecule has 1 aromatic heterocycles. The lowest BCUT2D eigenvalue weighted by atomic mass is 9.88. The van der Waals surface area contributed by atoms with Crippen molar-refractivity contribution in [2.24, 2.45) is 0 Å². The highest BCUT2D eigenvalue weighted by Crippen LogP contribution is 2.52. The molecule has 0 saturated heterocycles.